The lowest BCUT2D eigenvalue weighted by Gasteiger charge is -2.34. The number of carbonyl (C=O) groups is 2. The van der Waals surface area contributed by atoms with Gasteiger partial charge in [0.05, 0.1) is 5.56 Å². The van der Waals surface area contributed by atoms with Gasteiger partial charge in [0.15, 0.2) is 5.78 Å². The molecule has 7 heteroatoms. The quantitative estimate of drug-likeness (QED) is 0.494. The highest BCUT2D eigenvalue weighted by Crippen LogP contribution is 2.29. The largest absolute Gasteiger partial charge is 0.349 e. The standard InChI is InChI=1S/C27H31ClF2N2O2/c28-21-5-3-20(4-6-21)27(34)31-23-8-1-18(2-9-23)11-14-32-15-12-19(13-16-32)26(33)24-10-7-22(29)17-25(24)30/h3-7,10,17-19,23H,1-2,8-9,11-16H2,(H,31,34). The van der Waals surface area contributed by atoms with Crippen LogP contribution in [0.2, 0.25) is 5.02 Å². The number of halogens is 3. The number of ketones is 1. The van der Waals surface area contributed by atoms with Crippen LogP contribution in [0.15, 0.2) is 42.5 Å². The maximum Gasteiger partial charge on any atom is 0.251 e. The van der Waals surface area contributed by atoms with Crippen LogP contribution in [-0.2, 0) is 0 Å². The predicted molar refractivity (Wildman–Crippen MR) is 129 cm³/mol. The van der Waals surface area contributed by atoms with Crippen molar-refractivity contribution in [1.29, 1.82) is 0 Å². The van der Waals surface area contributed by atoms with Crippen LogP contribution in [0.1, 0.15) is 65.7 Å². The van der Waals surface area contributed by atoms with Crippen LogP contribution in [0.3, 0.4) is 0 Å². The zero-order valence-corrected chi connectivity index (χ0v) is 20.0. The van der Waals surface area contributed by atoms with Gasteiger partial charge in [-0.2, -0.15) is 0 Å². The Hall–Kier alpha value is -2.31. The Kier molecular flexibility index (Phi) is 8.32. The summed E-state index contributed by atoms with van der Waals surface area (Å²) < 4.78 is 27.1. The molecule has 0 spiro atoms. The van der Waals surface area contributed by atoms with Gasteiger partial charge in [-0.15, -0.1) is 0 Å². The van der Waals surface area contributed by atoms with Gasteiger partial charge in [-0.05, 0) is 107 Å². The van der Waals surface area contributed by atoms with Crippen LogP contribution in [0, 0.1) is 23.5 Å². The molecule has 1 saturated heterocycles. The van der Waals surface area contributed by atoms with E-state index in [2.05, 4.69) is 10.2 Å². The van der Waals surface area contributed by atoms with E-state index in [1.165, 1.54) is 6.07 Å². The lowest BCUT2D eigenvalue weighted by Crippen LogP contribution is -2.39. The first kappa shape index (κ1) is 24.8. The number of amides is 1. The van der Waals surface area contributed by atoms with Crippen LogP contribution >= 0.6 is 11.6 Å². The molecule has 0 aromatic heterocycles. The maximum atomic E-state index is 14.0. The van der Waals surface area contributed by atoms with Crippen molar-refractivity contribution in [2.45, 2.75) is 51.0 Å². The molecular weight excluding hydrogens is 458 g/mol. The first-order valence-corrected chi connectivity index (χ1v) is 12.5. The molecule has 1 amide bonds. The monoisotopic (exact) mass is 488 g/mol. The number of likely N-dealkylation sites (tertiary alicyclic amines) is 1. The molecule has 2 aromatic carbocycles. The molecule has 1 aliphatic heterocycles. The van der Waals surface area contributed by atoms with Crippen LogP contribution in [-0.4, -0.2) is 42.3 Å². The zero-order chi connectivity index (χ0) is 24.1. The molecule has 4 nitrogen and oxygen atoms in total. The zero-order valence-electron chi connectivity index (χ0n) is 19.2. The third-order valence-corrected chi connectivity index (χ3v) is 7.55. The van der Waals surface area contributed by atoms with E-state index < -0.39 is 11.6 Å². The van der Waals surface area contributed by atoms with Gasteiger partial charge in [0.25, 0.3) is 5.91 Å². The van der Waals surface area contributed by atoms with E-state index in [1.54, 1.807) is 24.3 Å². The minimum absolute atomic E-state index is 0.000219. The SMILES string of the molecule is O=C(NC1CCC(CCN2CCC(C(=O)c3ccc(F)cc3F)CC2)CC1)c1ccc(Cl)cc1. The Labute approximate surface area is 204 Å². The summed E-state index contributed by atoms with van der Waals surface area (Å²) in [4.78, 5) is 27.4. The van der Waals surface area contributed by atoms with Crippen molar-refractivity contribution in [1.82, 2.24) is 10.2 Å². The summed E-state index contributed by atoms with van der Waals surface area (Å²) in [6.07, 6.45) is 6.71. The van der Waals surface area contributed by atoms with Crippen molar-refractivity contribution < 1.29 is 18.4 Å². The molecule has 1 saturated carbocycles. The van der Waals surface area contributed by atoms with Crippen LogP contribution in [0.4, 0.5) is 8.78 Å². The van der Waals surface area contributed by atoms with Crippen molar-refractivity contribution in [2.75, 3.05) is 19.6 Å². The number of nitrogens with one attached hydrogen (secondary N) is 1. The summed E-state index contributed by atoms with van der Waals surface area (Å²) in [5, 5.41) is 3.76. The molecule has 2 fully saturated rings. The van der Waals surface area contributed by atoms with E-state index in [9.17, 15) is 18.4 Å². The second-order valence-electron chi connectivity index (χ2n) is 9.59. The molecule has 0 bridgehead atoms. The molecule has 0 radical (unpaired) electrons. The summed E-state index contributed by atoms with van der Waals surface area (Å²) in [7, 11) is 0. The summed E-state index contributed by atoms with van der Waals surface area (Å²) in [6.45, 7) is 2.65. The molecule has 2 aromatic rings. The van der Waals surface area contributed by atoms with E-state index in [0.29, 0.717) is 29.3 Å². The molecule has 1 heterocycles. The Balaban J connectivity index is 1.15. The summed E-state index contributed by atoms with van der Waals surface area (Å²) in [6, 6.07) is 10.3. The molecule has 1 N–H and O–H groups in total. The summed E-state index contributed by atoms with van der Waals surface area (Å²) in [5.74, 6) is -1.24. The highest BCUT2D eigenvalue weighted by molar-refractivity contribution is 6.30. The van der Waals surface area contributed by atoms with Gasteiger partial charge in [0, 0.05) is 28.6 Å². The van der Waals surface area contributed by atoms with E-state index in [1.807, 2.05) is 0 Å². The van der Waals surface area contributed by atoms with Crippen LogP contribution in [0.25, 0.3) is 0 Å². The second-order valence-corrected chi connectivity index (χ2v) is 10.0. The van der Waals surface area contributed by atoms with E-state index in [-0.39, 0.29) is 29.2 Å². The Morgan fingerprint density at radius 1 is 0.941 bits per heavy atom. The minimum Gasteiger partial charge on any atom is -0.349 e. The lowest BCUT2D eigenvalue weighted by atomic mass is 9.83. The molecule has 1 aliphatic carbocycles. The van der Waals surface area contributed by atoms with Crippen molar-refractivity contribution in [3.8, 4) is 0 Å². The number of benzene rings is 2. The molecule has 0 atom stereocenters. The van der Waals surface area contributed by atoms with E-state index >= 15 is 0 Å². The van der Waals surface area contributed by atoms with Gasteiger partial charge in [0.2, 0.25) is 0 Å². The van der Waals surface area contributed by atoms with Crippen molar-refractivity contribution in [2.24, 2.45) is 11.8 Å². The molecule has 0 unspecified atom stereocenters. The van der Waals surface area contributed by atoms with Crippen molar-refractivity contribution in [3.63, 3.8) is 0 Å². The van der Waals surface area contributed by atoms with Crippen molar-refractivity contribution >= 4 is 23.3 Å². The number of nitrogens with zero attached hydrogens (tertiary/aromatic N) is 1. The minimum atomic E-state index is -0.771. The Morgan fingerprint density at radius 3 is 2.26 bits per heavy atom. The van der Waals surface area contributed by atoms with Gasteiger partial charge in [-0.1, -0.05) is 11.6 Å². The molecule has 4 rings (SSSR count). The van der Waals surface area contributed by atoms with E-state index in [4.69, 9.17) is 11.6 Å². The Morgan fingerprint density at radius 2 is 1.62 bits per heavy atom. The third kappa shape index (κ3) is 6.42. The first-order chi connectivity index (χ1) is 16.4. The number of rotatable bonds is 7. The molecule has 182 valence electrons. The molecule has 2 aliphatic rings. The lowest BCUT2D eigenvalue weighted by molar-refractivity contribution is 0.0828. The van der Waals surface area contributed by atoms with Crippen molar-refractivity contribution in [3.05, 3.63) is 70.2 Å². The average molecular weight is 489 g/mol. The molecule has 34 heavy (non-hydrogen) atoms. The second kappa shape index (κ2) is 11.4. The highest BCUT2D eigenvalue weighted by atomic mass is 35.5. The van der Waals surface area contributed by atoms with Gasteiger partial charge >= 0.3 is 0 Å². The first-order valence-electron chi connectivity index (χ1n) is 12.2. The maximum absolute atomic E-state index is 14.0. The number of piperidine rings is 1. The fourth-order valence-corrected chi connectivity index (χ4v) is 5.28. The fraction of sp³-hybridized carbons (Fsp3) is 0.481. The number of carbonyl (C=O) groups excluding carboxylic acids is 2. The number of hydrogen-bond donors (Lipinski definition) is 1. The number of Topliss-reactive ketones (excluding diaryl/α,β-unsaturated/α-hetero) is 1. The van der Waals surface area contributed by atoms with Gasteiger partial charge < -0.3 is 10.2 Å². The Bertz CT molecular complexity index is 998. The van der Waals surface area contributed by atoms with Gasteiger partial charge in [-0.25, -0.2) is 8.78 Å². The van der Waals surface area contributed by atoms with Crippen LogP contribution in [0.5, 0.6) is 0 Å². The smallest absolute Gasteiger partial charge is 0.251 e. The van der Waals surface area contributed by atoms with Crippen LogP contribution < -0.4 is 5.32 Å². The molecular formula is C27H31ClF2N2O2. The predicted octanol–water partition coefficient (Wildman–Crippen LogP) is 5.89. The average Bonchev–Trinajstić information content (AvgIpc) is 2.84. The summed E-state index contributed by atoms with van der Waals surface area (Å²) >= 11 is 5.89. The fourth-order valence-electron chi connectivity index (χ4n) is 5.16. The normalized spacial score (nSPS) is 21.9. The topological polar surface area (TPSA) is 49.4 Å². The van der Waals surface area contributed by atoms with E-state index in [0.717, 1.165) is 63.9 Å². The summed E-state index contributed by atoms with van der Waals surface area (Å²) in [5.41, 5.74) is 0.635. The highest BCUT2D eigenvalue weighted by Gasteiger charge is 2.28. The van der Waals surface area contributed by atoms with Gasteiger partial charge in [0.1, 0.15) is 11.6 Å². The number of hydrogen-bond acceptors (Lipinski definition) is 3. The van der Waals surface area contributed by atoms with Gasteiger partial charge in [-0.3, -0.25) is 9.59 Å². The third-order valence-electron chi connectivity index (χ3n) is 7.30.